The van der Waals surface area contributed by atoms with E-state index < -0.39 is 58.1 Å². The van der Waals surface area contributed by atoms with Crippen LogP contribution in [0.15, 0.2) is 47.0 Å². The lowest BCUT2D eigenvalue weighted by Gasteiger charge is -2.35. The first-order chi connectivity index (χ1) is 13.0. The second kappa shape index (κ2) is 5.59. The number of aromatic nitrogens is 2. The van der Waals surface area contributed by atoms with E-state index in [1.165, 1.54) is 0 Å². The number of anilines is 1. The number of amides is 1. The Labute approximate surface area is 151 Å². The molecule has 1 unspecified atom stereocenters. The SMILES string of the molecule is O=C1c2nc3cc(C(F)(F)F)ccn3c(=O)c2NC2C=C(C(F)(F)F)C=CN12. The molecular formula is C16H8F6N4O2. The van der Waals surface area contributed by atoms with Gasteiger partial charge in [0.1, 0.15) is 17.5 Å². The van der Waals surface area contributed by atoms with Gasteiger partial charge in [0.2, 0.25) is 0 Å². The van der Waals surface area contributed by atoms with Crippen LogP contribution in [-0.4, -0.2) is 32.5 Å². The number of carbonyl (C=O) groups is 1. The highest BCUT2D eigenvalue weighted by Crippen LogP contribution is 2.33. The van der Waals surface area contributed by atoms with E-state index in [-0.39, 0.29) is 0 Å². The summed E-state index contributed by atoms with van der Waals surface area (Å²) in [7, 11) is 0. The van der Waals surface area contributed by atoms with Gasteiger partial charge in [-0.2, -0.15) is 26.3 Å². The van der Waals surface area contributed by atoms with Crippen molar-refractivity contribution in [3.05, 3.63) is 63.9 Å². The molecule has 0 aliphatic carbocycles. The maximum Gasteiger partial charge on any atom is 0.416 e. The molecule has 0 spiro atoms. The highest BCUT2D eigenvalue weighted by Gasteiger charge is 2.40. The molecule has 1 N–H and O–H groups in total. The quantitative estimate of drug-likeness (QED) is 0.689. The summed E-state index contributed by atoms with van der Waals surface area (Å²) in [6, 6.07) is 1.26. The number of fused-ring (bicyclic) bond motifs is 3. The fourth-order valence-corrected chi connectivity index (χ4v) is 2.92. The largest absolute Gasteiger partial charge is 0.416 e. The lowest BCUT2D eigenvalue weighted by molar-refractivity contribution is -0.137. The van der Waals surface area contributed by atoms with Gasteiger partial charge in [-0.3, -0.25) is 18.9 Å². The summed E-state index contributed by atoms with van der Waals surface area (Å²) in [6.07, 6.45) is -7.51. The van der Waals surface area contributed by atoms with Crippen molar-refractivity contribution >= 4 is 17.2 Å². The molecule has 2 aliphatic heterocycles. The molecule has 1 atom stereocenters. The number of halogens is 6. The monoisotopic (exact) mass is 402 g/mol. The zero-order valence-corrected chi connectivity index (χ0v) is 13.5. The molecule has 0 saturated heterocycles. The van der Waals surface area contributed by atoms with Crippen molar-refractivity contribution in [1.82, 2.24) is 14.3 Å². The molecule has 4 rings (SSSR count). The highest BCUT2D eigenvalue weighted by molar-refractivity contribution is 6.01. The molecule has 0 fully saturated rings. The van der Waals surface area contributed by atoms with Gasteiger partial charge in [0.05, 0.1) is 11.1 Å². The summed E-state index contributed by atoms with van der Waals surface area (Å²) in [4.78, 5) is 29.8. The number of rotatable bonds is 0. The Morgan fingerprint density at radius 3 is 2.43 bits per heavy atom. The van der Waals surface area contributed by atoms with E-state index in [9.17, 15) is 35.9 Å². The van der Waals surface area contributed by atoms with Gasteiger partial charge in [0.15, 0.2) is 5.69 Å². The number of alkyl halides is 6. The van der Waals surface area contributed by atoms with Crippen molar-refractivity contribution in [3.63, 3.8) is 0 Å². The Balaban J connectivity index is 1.86. The molecule has 0 bridgehead atoms. The topological polar surface area (TPSA) is 66.7 Å². The van der Waals surface area contributed by atoms with Gasteiger partial charge in [-0.1, -0.05) is 0 Å². The predicted octanol–water partition coefficient (Wildman–Crippen LogP) is 2.92. The van der Waals surface area contributed by atoms with Gasteiger partial charge in [-0.15, -0.1) is 0 Å². The molecule has 2 aromatic heterocycles. The normalized spacial score (nSPS) is 19.2. The van der Waals surface area contributed by atoms with Crippen LogP contribution in [0.5, 0.6) is 0 Å². The van der Waals surface area contributed by atoms with Gasteiger partial charge in [0.25, 0.3) is 11.5 Å². The van der Waals surface area contributed by atoms with Crippen molar-refractivity contribution in [2.45, 2.75) is 18.5 Å². The number of carbonyl (C=O) groups excluding carboxylic acids is 1. The minimum absolute atomic E-state index is 0.392. The summed E-state index contributed by atoms with van der Waals surface area (Å²) in [5, 5.41) is 2.50. The molecule has 4 heterocycles. The lowest BCUT2D eigenvalue weighted by atomic mass is 10.1. The van der Waals surface area contributed by atoms with E-state index in [1.807, 2.05) is 0 Å². The molecule has 0 radical (unpaired) electrons. The molecule has 2 aliphatic rings. The number of nitrogens with zero attached hydrogens (tertiary/aromatic N) is 3. The molecule has 0 saturated carbocycles. The van der Waals surface area contributed by atoms with Crippen LogP contribution in [-0.2, 0) is 6.18 Å². The molecule has 1 amide bonds. The van der Waals surface area contributed by atoms with E-state index in [4.69, 9.17) is 0 Å². The molecule has 6 nitrogen and oxygen atoms in total. The Morgan fingerprint density at radius 2 is 1.79 bits per heavy atom. The zero-order valence-electron chi connectivity index (χ0n) is 13.5. The van der Waals surface area contributed by atoms with Crippen LogP contribution in [0.1, 0.15) is 16.1 Å². The van der Waals surface area contributed by atoms with Crippen LogP contribution >= 0.6 is 0 Å². The number of allylic oxidation sites excluding steroid dienone is 2. The summed E-state index contributed by atoms with van der Waals surface area (Å²) in [5.74, 6) is -0.913. The van der Waals surface area contributed by atoms with Crippen molar-refractivity contribution in [2.24, 2.45) is 0 Å². The molecule has 0 aromatic carbocycles. The second-order valence-electron chi connectivity index (χ2n) is 6.02. The summed E-state index contributed by atoms with van der Waals surface area (Å²) in [6.45, 7) is 0. The smallest absolute Gasteiger partial charge is 0.355 e. The number of hydrogen-bond donors (Lipinski definition) is 1. The van der Waals surface area contributed by atoms with Crippen LogP contribution in [0.3, 0.4) is 0 Å². The Hall–Kier alpha value is -3.31. The van der Waals surface area contributed by atoms with Crippen LogP contribution in [0.2, 0.25) is 0 Å². The van der Waals surface area contributed by atoms with E-state index in [0.29, 0.717) is 18.2 Å². The molecule has 12 heteroatoms. The van der Waals surface area contributed by atoms with Crippen LogP contribution in [0, 0.1) is 0 Å². The fourth-order valence-electron chi connectivity index (χ4n) is 2.92. The minimum Gasteiger partial charge on any atom is -0.355 e. The minimum atomic E-state index is -4.68. The first kappa shape index (κ1) is 18.1. The molecular weight excluding hydrogens is 394 g/mol. The summed E-state index contributed by atoms with van der Waals surface area (Å²) < 4.78 is 78.1. The molecule has 2 aromatic rings. The van der Waals surface area contributed by atoms with Crippen molar-refractivity contribution in [1.29, 1.82) is 0 Å². The highest BCUT2D eigenvalue weighted by atomic mass is 19.4. The van der Waals surface area contributed by atoms with Gasteiger partial charge < -0.3 is 5.32 Å². The Morgan fingerprint density at radius 1 is 1.07 bits per heavy atom. The second-order valence-corrected chi connectivity index (χ2v) is 6.02. The molecule has 28 heavy (non-hydrogen) atoms. The number of pyridine rings is 1. The maximum atomic E-state index is 12.9. The number of hydrogen-bond acceptors (Lipinski definition) is 4. The van der Waals surface area contributed by atoms with E-state index in [2.05, 4.69) is 10.3 Å². The predicted molar refractivity (Wildman–Crippen MR) is 83.3 cm³/mol. The third-order valence-corrected chi connectivity index (χ3v) is 4.27. The van der Waals surface area contributed by atoms with E-state index >= 15 is 0 Å². The van der Waals surface area contributed by atoms with Gasteiger partial charge >= 0.3 is 12.4 Å². The lowest BCUT2D eigenvalue weighted by Crippen LogP contribution is -2.49. The average Bonchev–Trinajstić information content (AvgIpc) is 2.61. The van der Waals surface area contributed by atoms with Crippen LogP contribution < -0.4 is 10.9 Å². The van der Waals surface area contributed by atoms with Gasteiger partial charge in [-0.05, 0) is 24.3 Å². The Kier molecular flexibility index (Phi) is 3.61. The van der Waals surface area contributed by atoms with Crippen molar-refractivity contribution in [2.75, 3.05) is 5.32 Å². The first-order valence-corrected chi connectivity index (χ1v) is 7.67. The third kappa shape index (κ3) is 2.72. The summed E-state index contributed by atoms with van der Waals surface area (Å²) >= 11 is 0. The van der Waals surface area contributed by atoms with Crippen molar-refractivity contribution < 1.29 is 31.1 Å². The van der Waals surface area contributed by atoms with E-state index in [1.54, 1.807) is 0 Å². The van der Waals surface area contributed by atoms with Gasteiger partial charge in [0, 0.05) is 12.4 Å². The average molecular weight is 402 g/mol. The fraction of sp³-hybridized carbons (Fsp3) is 0.188. The van der Waals surface area contributed by atoms with Crippen LogP contribution in [0.4, 0.5) is 32.0 Å². The van der Waals surface area contributed by atoms with Crippen LogP contribution in [0.25, 0.3) is 5.65 Å². The van der Waals surface area contributed by atoms with Crippen molar-refractivity contribution in [3.8, 4) is 0 Å². The van der Waals surface area contributed by atoms with E-state index in [0.717, 1.165) is 27.8 Å². The summed E-state index contributed by atoms with van der Waals surface area (Å²) in [5.41, 5.74) is -4.27. The van der Waals surface area contributed by atoms with Gasteiger partial charge in [-0.25, -0.2) is 4.98 Å². The standard InChI is InChI=1S/C16H8F6N4O2/c17-15(18,19)7-1-3-25-9(5-7)23-12-11(13(25)27)24-10-6-8(16(20,21)22)2-4-26(10)14(12)28/h1-6,9,23H. The Bertz CT molecular complexity index is 1130. The maximum absolute atomic E-state index is 12.9. The third-order valence-electron chi connectivity index (χ3n) is 4.27. The zero-order chi connectivity index (χ0) is 20.4. The first-order valence-electron chi connectivity index (χ1n) is 7.67. The molecule has 146 valence electrons. The number of nitrogens with one attached hydrogen (secondary N) is 1.